The molecule has 7 heterocycles. The van der Waals surface area contributed by atoms with E-state index in [1.807, 2.05) is 30.3 Å². The smallest absolute Gasteiger partial charge is 0.264 e. The van der Waals surface area contributed by atoms with Gasteiger partial charge in [-0.15, -0.1) is 10.2 Å². The number of nitrogens with one attached hydrogen (secondary N) is 2. The van der Waals surface area contributed by atoms with Gasteiger partial charge in [-0.1, -0.05) is 18.2 Å². The van der Waals surface area contributed by atoms with Gasteiger partial charge < -0.3 is 25.1 Å². The molecule has 9 rings (SSSR count). The molecule has 4 atom stereocenters. The van der Waals surface area contributed by atoms with E-state index in [1.54, 1.807) is 12.1 Å². The molecule has 4 amide bonds. The van der Waals surface area contributed by atoms with Gasteiger partial charge in [-0.05, 0) is 101 Å². The van der Waals surface area contributed by atoms with Crippen molar-refractivity contribution in [3.63, 3.8) is 0 Å². The predicted octanol–water partition coefficient (Wildman–Crippen LogP) is 3.72. The number of piperazine rings is 1. The molecule has 1 aromatic heterocycles. The van der Waals surface area contributed by atoms with Crippen molar-refractivity contribution < 1.29 is 24.3 Å². The fourth-order valence-electron chi connectivity index (χ4n) is 10.1. The third kappa shape index (κ3) is 6.76. The van der Waals surface area contributed by atoms with Crippen LogP contribution in [0.1, 0.15) is 79.0 Å². The second-order valence-corrected chi connectivity index (χ2v) is 16.5. The van der Waals surface area contributed by atoms with E-state index in [2.05, 4.69) is 53.4 Å². The molecular formula is C42H51N9O5. The van der Waals surface area contributed by atoms with E-state index in [0.717, 1.165) is 87.3 Å². The number of amides is 4. The summed E-state index contributed by atoms with van der Waals surface area (Å²) in [6.07, 6.45) is 7.06. The molecule has 0 saturated carbocycles. The Morgan fingerprint density at radius 3 is 2.46 bits per heavy atom. The molecule has 0 bridgehead atoms. The number of fused-ring (bicyclic) bond motifs is 4. The lowest BCUT2D eigenvalue weighted by Crippen LogP contribution is -2.61. The summed E-state index contributed by atoms with van der Waals surface area (Å²) in [6.45, 7) is 10.1. The molecule has 4 saturated heterocycles. The molecule has 0 spiro atoms. The van der Waals surface area contributed by atoms with Gasteiger partial charge in [0, 0.05) is 63.3 Å². The number of hydrogen-bond donors (Lipinski definition) is 3. The maximum Gasteiger partial charge on any atom is 0.264 e. The Labute approximate surface area is 327 Å². The van der Waals surface area contributed by atoms with Crippen molar-refractivity contribution in [3.8, 4) is 17.0 Å². The van der Waals surface area contributed by atoms with Gasteiger partial charge in [-0.25, -0.2) is 0 Å². The molecule has 6 aliphatic rings. The minimum Gasteiger partial charge on any atom is -0.507 e. The normalized spacial score (nSPS) is 26.1. The van der Waals surface area contributed by atoms with E-state index >= 15 is 0 Å². The lowest BCUT2D eigenvalue weighted by molar-refractivity contribution is -0.136. The van der Waals surface area contributed by atoms with Gasteiger partial charge in [0.1, 0.15) is 11.8 Å². The summed E-state index contributed by atoms with van der Waals surface area (Å²) in [5.41, 5.74) is 3.94. The largest absolute Gasteiger partial charge is 0.507 e. The van der Waals surface area contributed by atoms with Crippen LogP contribution >= 0.6 is 0 Å². The number of phenols is 1. The molecular weight excluding hydrogens is 711 g/mol. The minimum atomic E-state index is -0.959. The van der Waals surface area contributed by atoms with Gasteiger partial charge in [-0.2, -0.15) is 0 Å². The fraction of sp³-hybridized carbons (Fsp3) is 0.524. The van der Waals surface area contributed by atoms with Crippen LogP contribution in [0.25, 0.3) is 11.3 Å². The Morgan fingerprint density at radius 1 is 0.839 bits per heavy atom. The van der Waals surface area contributed by atoms with Crippen molar-refractivity contribution in [2.75, 3.05) is 67.5 Å². The molecule has 14 heteroatoms. The Balaban J connectivity index is 0.738. The maximum atomic E-state index is 13.6. The third-order valence-electron chi connectivity index (χ3n) is 13.2. The SMILES string of the molecule is CC1CC(N2CCN3c4cc(-c5ccccc5O)nnc4NC[C@H]3C2)CCN1CCCC1CCN(c2cccc3c2C(=O)N(C2CCC(=O)NC2=O)C3=O)CC1. The van der Waals surface area contributed by atoms with Gasteiger partial charge >= 0.3 is 0 Å². The summed E-state index contributed by atoms with van der Waals surface area (Å²) in [7, 11) is 0. The molecule has 0 radical (unpaired) electrons. The van der Waals surface area contributed by atoms with Crippen LogP contribution in [0.15, 0.2) is 48.5 Å². The standard InChI is InChI=1S/C42H51N9O5/c1-26-22-28(49-20-21-50-29(25-49)24-43-39-35(50)23-32(45-46-39)30-7-2-3-10-36(30)52)15-19-47(26)16-5-6-27-13-17-48(18-14-27)33-9-4-8-31-38(33)42(56)51(41(31)55)34-11-12-37(53)44-40(34)54/h2-4,7-10,23,26-29,34,52H,5-6,11-22,24-25H2,1H3,(H,43,46)(H,44,53,54)/t26?,28?,29-,34?/m0/s1. The van der Waals surface area contributed by atoms with E-state index < -0.39 is 23.8 Å². The quantitative estimate of drug-likeness (QED) is 0.287. The van der Waals surface area contributed by atoms with Crippen LogP contribution in [0.5, 0.6) is 5.75 Å². The lowest BCUT2D eigenvalue weighted by atomic mass is 9.90. The van der Waals surface area contributed by atoms with Crippen LogP contribution in [0.3, 0.4) is 0 Å². The van der Waals surface area contributed by atoms with Gasteiger partial charge in [-0.3, -0.25) is 34.3 Å². The summed E-state index contributed by atoms with van der Waals surface area (Å²) >= 11 is 0. The summed E-state index contributed by atoms with van der Waals surface area (Å²) in [6, 6.07) is 15.3. The molecule has 0 aliphatic carbocycles. The highest BCUT2D eigenvalue weighted by atomic mass is 16.3. The Bertz CT molecular complexity index is 2030. The third-order valence-corrected chi connectivity index (χ3v) is 13.2. The number of carbonyl (C=O) groups is 4. The minimum absolute atomic E-state index is 0.107. The summed E-state index contributed by atoms with van der Waals surface area (Å²) < 4.78 is 0. The second kappa shape index (κ2) is 15.1. The van der Waals surface area contributed by atoms with E-state index in [1.165, 1.54) is 25.7 Å². The zero-order valence-electron chi connectivity index (χ0n) is 32.0. The highest BCUT2D eigenvalue weighted by Crippen LogP contribution is 2.38. The molecule has 3 N–H and O–H groups in total. The van der Waals surface area contributed by atoms with Crippen LogP contribution < -0.4 is 20.4 Å². The van der Waals surface area contributed by atoms with Crippen molar-refractivity contribution in [1.82, 2.24) is 30.2 Å². The number of phenolic OH excluding ortho intramolecular Hbond substituents is 1. The number of benzene rings is 2. The van der Waals surface area contributed by atoms with E-state index in [0.29, 0.717) is 46.4 Å². The number of piperidine rings is 3. The molecule has 56 heavy (non-hydrogen) atoms. The van der Waals surface area contributed by atoms with Crippen LogP contribution in [0.4, 0.5) is 17.2 Å². The highest BCUT2D eigenvalue weighted by molar-refractivity contribution is 6.25. The van der Waals surface area contributed by atoms with Crippen LogP contribution in [0, 0.1) is 5.92 Å². The molecule has 3 aromatic rings. The monoisotopic (exact) mass is 761 g/mol. The van der Waals surface area contributed by atoms with Gasteiger partial charge in [0.15, 0.2) is 5.82 Å². The second-order valence-electron chi connectivity index (χ2n) is 16.5. The van der Waals surface area contributed by atoms with E-state index in [9.17, 15) is 24.3 Å². The average molecular weight is 762 g/mol. The first-order valence-corrected chi connectivity index (χ1v) is 20.5. The van der Waals surface area contributed by atoms with E-state index in [-0.39, 0.29) is 24.5 Å². The van der Waals surface area contributed by atoms with Crippen LogP contribution in [0.2, 0.25) is 0 Å². The number of likely N-dealkylation sites (tertiary alicyclic amines) is 1. The van der Waals surface area contributed by atoms with Crippen molar-refractivity contribution in [3.05, 3.63) is 59.7 Å². The first kappa shape index (κ1) is 36.6. The topological polar surface area (TPSA) is 155 Å². The van der Waals surface area contributed by atoms with E-state index in [4.69, 9.17) is 0 Å². The zero-order chi connectivity index (χ0) is 38.5. The summed E-state index contributed by atoms with van der Waals surface area (Å²) in [5.74, 6) is -0.208. The molecule has 2 aromatic carbocycles. The number of aromatic hydroxyl groups is 1. The predicted molar refractivity (Wildman–Crippen MR) is 212 cm³/mol. The molecule has 14 nitrogen and oxygen atoms in total. The lowest BCUT2D eigenvalue weighted by Gasteiger charge is -2.50. The van der Waals surface area contributed by atoms with Crippen molar-refractivity contribution >= 4 is 40.8 Å². The van der Waals surface area contributed by atoms with Gasteiger partial charge in [0.25, 0.3) is 11.8 Å². The molecule has 3 unspecified atom stereocenters. The van der Waals surface area contributed by atoms with Crippen LogP contribution in [-0.2, 0) is 9.59 Å². The number of anilines is 3. The Kier molecular flexibility index (Phi) is 9.86. The Hall–Kier alpha value is -5.08. The molecule has 6 aliphatic heterocycles. The van der Waals surface area contributed by atoms with Gasteiger partial charge in [0.05, 0.1) is 34.2 Å². The maximum absolute atomic E-state index is 13.6. The fourth-order valence-corrected chi connectivity index (χ4v) is 10.1. The average Bonchev–Trinajstić information content (AvgIpc) is 3.47. The number of aromatic nitrogens is 2. The zero-order valence-corrected chi connectivity index (χ0v) is 32.0. The molecule has 294 valence electrons. The first-order chi connectivity index (χ1) is 27.2. The molecule has 4 fully saturated rings. The number of nitrogens with zero attached hydrogens (tertiary/aromatic N) is 7. The number of rotatable bonds is 8. The van der Waals surface area contributed by atoms with Gasteiger partial charge in [0.2, 0.25) is 11.8 Å². The first-order valence-electron chi connectivity index (χ1n) is 20.5. The van der Waals surface area contributed by atoms with Crippen molar-refractivity contribution in [2.45, 2.75) is 82.5 Å². The van der Waals surface area contributed by atoms with Crippen LogP contribution in [-0.4, -0.2) is 130 Å². The number of hydrogen-bond acceptors (Lipinski definition) is 12. The summed E-state index contributed by atoms with van der Waals surface area (Å²) in [5, 5.41) is 25.1. The number of imide groups is 2. The highest BCUT2D eigenvalue weighted by Gasteiger charge is 2.46. The number of para-hydroxylation sites is 1. The van der Waals surface area contributed by atoms with Crippen molar-refractivity contribution in [1.29, 1.82) is 0 Å². The Morgan fingerprint density at radius 2 is 1.66 bits per heavy atom. The number of carbonyl (C=O) groups excluding carboxylic acids is 4. The summed E-state index contributed by atoms with van der Waals surface area (Å²) in [4.78, 5) is 62.4. The van der Waals surface area contributed by atoms with Crippen molar-refractivity contribution in [2.24, 2.45) is 5.92 Å².